The molecule has 0 bridgehead atoms. The van der Waals surface area contributed by atoms with Gasteiger partial charge in [-0.1, -0.05) is 18.2 Å². The third-order valence-corrected chi connectivity index (χ3v) is 5.14. The molecule has 2 heterocycles. The lowest BCUT2D eigenvalue weighted by Crippen LogP contribution is -2.44. The van der Waals surface area contributed by atoms with Crippen molar-refractivity contribution in [2.45, 2.75) is 32.4 Å². The Labute approximate surface area is 156 Å². The van der Waals surface area contributed by atoms with Crippen molar-refractivity contribution >= 4 is 34.7 Å². The maximum Gasteiger partial charge on any atom is 0.261 e. The number of rotatable bonds is 6. The first-order chi connectivity index (χ1) is 12.5. The second-order valence-corrected chi connectivity index (χ2v) is 7.15. The van der Waals surface area contributed by atoms with Gasteiger partial charge in [-0.25, -0.2) is 0 Å². The highest BCUT2D eigenvalue weighted by Crippen LogP contribution is 2.21. The number of carbonyl (C=O) groups excluding carboxylic acids is 3. The topological polar surface area (TPSA) is 78.5 Å². The fraction of sp³-hybridized carbons (Fsp3) is 0.316. The van der Waals surface area contributed by atoms with E-state index in [4.69, 9.17) is 0 Å². The van der Waals surface area contributed by atoms with Gasteiger partial charge in [-0.15, -0.1) is 11.3 Å². The first kappa shape index (κ1) is 18.1. The van der Waals surface area contributed by atoms with Crippen LogP contribution in [0.15, 0.2) is 41.8 Å². The van der Waals surface area contributed by atoms with Crippen LogP contribution < -0.4 is 15.5 Å². The van der Waals surface area contributed by atoms with Crippen molar-refractivity contribution < 1.29 is 14.4 Å². The Hall–Kier alpha value is -2.67. The lowest BCUT2D eigenvalue weighted by molar-refractivity contribution is -0.122. The fourth-order valence-electron chi connectivity index (χ4n) is 2.80. The van der Waals surface area contributed by atoms with Crippen molar-refractivity contribution in [3.05, 3.63) is 52.2 Å². The normalized spacial score (nSPS) is 15.0. The molecular weight excluding hydrogens is 350 g/mol. The molecule has 1 aromatic heterocycles. The number of carbonyl (C=O) groups is 3. The first-order valence-corrected chi connectivity index (χ1v) is 9.44. The average molecular weight is 371 g/mol. The Morgan fingerprint density at radius 1 is 1.23 bits per heavy atom. The number of amides is 3. The van der Waals surface area contributed by atoms with E-state index >= 15 is 0 Å². The number of nitrogens with zero attached hydrogens (tertiary/aromatic N) is 1. The van der Waals surface area contributed by atoms with E-state index < -0.39 is 6.04 Å². The zero-order chi connectivity index (χ0) is 18.5. The number of benzene rings is 1. The molecule has 2 aromatic rings. The molecule has 0 spiro atoms. The Morgan fingerprint density at radius 2 is 2.00 bits per heavy atom. The summed E-state index contributed by atoms with van der Waals surface area (Å²) < 4.78 is 0. The molecule has 1 aliphatic heterocycles. The van der Waals surface area contributed by atoms with E-state index in [1.54, 1.807) is 24.0 Å². The Balaban J connectivity index is 1.49. The summed E-state index contributed by atoms with van der Waals surface area (Å²) in [6, 6.07) is 10.5. The number of hydrogen-bond acceptors (Lipinski definition) is 4. The summed E-state index contributed by atoms with van der Waals surface area (Å²) in [5.41, 5.74) is 1.82. The molecule has 1 atom stereocenters. The van der Waals surface area contributed by atoms with Crippen LogP contribution in [0.3, 0.4) is 0 Å². The minimum Gasteiger partial charge on any atom is -0.350 e. The van der Waals surface area contributed by atoms with Gasteiger partial charge in [0.05, 0.1) is 4.88 Å². The molecular formula is C19H21N3O3S. The molecule has 136 valence electrons. The Kier molecular flexibility index (Phi) is 5.68. The molecule has 0 radical (unpaired) electrons. The third-order valence-electron chi connectivity index (χ3n) is 4.27. The van der Waals surface area contributed by atoms with E-state index in [0.717, 1.165) is 24.2 Å². The van der Waals surface area contributed by atoms with Crippen LogP contribution in [0.1, 0.15) is 35.0 Å². The minimum absolute atomic E-state index is 0.154. The van der Waals surface area contributed by atoms with Crippen LogP contribution in [0.25, 0.3) is 0 Å². The van der Waals surface area contributed by atoms with Gasteiger partial charge < -0.3 is 15.5 Å². The van der Waals surface area contributed by atoms with Crippen LogP contribution >= 0.6 is 11.3 Å². The zero-order valence-corrected chi connectivity index (χ0v) is 15.3. The van der Waals surface area contributed by atoms with Crippen molar-refractivity contribution in [2.24, 2.45) is 0 Å². The van der Waals surface area contributed by atoms with E-state index in [1.165, 1.54) is 11.3 Å². The molecule has 1 saturated heterocycles. The standard InChI is InChI=1S/C19H21N3O3S/c1-13(21-19(25)16-4-3-11-26-16)18(24)20-12-14-6-8-15(9-7-14)22-10-2-5-17(22)23/h3-4,6-9,11,13H,2,5,10,12H2,1H3,(H,20,24)(H,21,25). The van der Waals surface area contributed by atoms with Crippen LogP contribution in [0.2, 0.25) is 0 Å². The van der Waals surface area contributed by atoms with Crippen LogP contribution in [0.4, 0.5) is 5.69 Å². The second-order valence-electron chi connectivity index (χ2n) is 6.21. The van der Waals surface area contributed by atoms with Gasteiger partial charge in [-0.05, 0) is 42.5 Å². The largest absolute Gasteiger partial charge is 0.350 e. The maximum atomic E-state index is 12.2. The molecule has 26 heavy (non-hydrogen) atoms. The summed E-state index contributed by atoms with van der Waals surface area (Å²) in [4.78, 5) is 38.3. The van der Waals surface area contributed by atoms with Crippen LogP contribution in [0.5, 0.6) is 0 Å². The molecule has 6 nitrogen and oxygen atoms in total. The first-order valence-electron chi connectivity index (χ1n) is 8.56. The highest BCUT2D eigenvalue weighted by Gasteiger charge is 2.21. The molecule has 3 amide bonds. The summed E-state index contributed by atoms with van der Waals surface area (Å²) in [6.07, 6.45) is 1.50. The van der Waals surface area contributed by atoms with Gasteiger partial charge in [0.15, 0.2) is 0 Å². The monoisotopic (exact) mass is 371 g/mol. The van der Waals surface area contributed by atoms with Gasteiger partial charge in [-0.2, -0.15) is 0 Å². The van der Waals surface area contributed by atoms with Gasteiger partial charge in [0, 0.05) is 25.2 Å². The molecule has 7 heteroatoms. The molecule has 1 unspecified atom stereocenters. The van der Waals surface area contributed by atoms with E-state index in [9.17, 15) is 14.4 Å². The molecule has 1 aromatic carbocycles. The van der Waals surface area contributed by atoms with Gasteiger partial charge in [0.2, 0.25) is 11.8 Å². The van der Waals surface area contributed by atoms with E-state index in [-0.39, 0.29) is 17.7 Å². The van der Waals surface area contributed by atoms with Crippen LogP contribution in [-0.2, 0) is 16.1 Å². The highest BCUT2D eigenvalue weighted by molar-refractivity contribution is 7.12. The predicted molar refractivity (Wildman–Crippen MR) is 101 cm³/mol. The summed E-state index contributed by atoms with van der Waals surface area (Å²) in [5.74, 6) is -0.336. The van der Waals surface area contributed by atoms with Crippen molar-refractivity contribution in [3.8, 4) is 0 Å². The van der Waals surface area contributed by atoms with Crippen molar-refractivity contribution in [2.75, 3.05) is 11.4 Å². The molecule has 2 N–H and O–H groups in total. The quantitative estimate of drug-likeness (QED) is 0.818. The van der Waals surface area contributed by atoms with E-state index in [1.807, 2.05) is 29.6 Å². The lowest BCUT2D eigenvalue weighted by atomic mass is 10.2. The van der Waals surface area contributed by atoms with Crippen LogP contribution in [0, 0.1) is 0 Å². The predicted octanol–water partition coefficient (Wildman–Crippen LogP) is 2.31. The Morgan fingerprint density at radius 3 is 2.62 bits per heavy atom. The molecule has 1 fully saturated rings. The van der Waals surface area contributed by atoms with Crippen molar-refractivity contribution in [3.63, 3.8) is 0 Å². The number of thiophene rings is 1. The van der Waals surface area contributed by atoms with Gasteiger partial charge in [-0.3, -0.25) is 14.4 Å². The van der Waals surface area contributed by atoms with Gasteiger partial charge in [0.25, 0.3) is 5.91 Å². The number of hydrogen-bond donors (Lipinski definition) is 2. The summed E-state index contributed by atoms with van der Waals surface area (Å²) >= 11 is 1.34. The fourth-order valence-corrected chi connectivity index (χ4v) is 3.43. The smallest absolute Gasteiger partial charge is 0.261 e. The zero-order valence-electron chi connectivity index (χ0n) is 14.5. The summed E-state index contributed by atoms with van der Waals surface area (Å²) in [6.45, 7) is 2.78. The molecule has 0 saturated carbocycles. The Bertz CT molecular complexity index is 787. The number of anilines is 1. The van der Waals surface area contributed by atoms with E-state index in [0.29, 0.717) is 17.8 Å². The highest BCUT2D eigenvalue weighted by atomic mass is 32.1. The van der Waals surface area contributed by atoms with Crippen molar-refractivity contribution in [1.29, 1.82) is 0 Å². The second kappa shape index (κ2) is 8.14. The minimum atomic E-state index is -0.619. The molecule has 1 aliphatic rings. The van der Waals surface area contributed by atoms with E-state index in [2.05, 4.69) is 10.6 Å². The number of nitrogens with one attached hydrogen (secondary N) is 2. The van der Waals surface area contributed by atoms with Crippen molar-refractivity contribution in [1.82, 2.24) is 10.6 Å². The molecule has 3 rings (SSSR count). The lowest BCUT2D eigenvalue weighted by Gasteiger charge is -2.16. The third kappa shape index (κ3) is 4.29. The van der Waals surface area contributed by atoms with Gasteiger partial charge >= 0.3 is 0 Å². The summed E-state index contributed by atoms with van der Waals surface area (Å²) in [7, 11) is 0. The molecule has 0 aliphatic carbocycles. The summed E-state index contributed by atoms with van der Waals surface area (Å²) in [5, 5.41) is 7.32. The average Bonchev–Trinajstić information content (AvgIpc) is 3.31. The van der Waals surface area contributed by atoms with Gasteiger partial charge in [0.1, 0.15) is 6.04 Å². The van der Waals surface area contributed by atoms with Crippen LogP contribution in [-0.4, -0.2) is 30.3 Å². The maximum absolute atomic E-state index is 12.2. The SMILES string of the molecule is CC(NC(=O)c1cccs1)C(=O)NCc1ccc(N2CCCC2=O)cc1.